The number of nitrogens with one attached hydrogen (secondary N) is 2. The van der Waals surface area contributed by atoms with Crippen LogP contribution in [0.2, 0.25) is 0 Å². The molecule has 0 aromatic heterocycles. The van der Waals surface area contributed by atoms with Gasteiger partial charge in [-0.1, -0.05) is 42.5 Å². The van der Waals surface area contributed by atoms with Crippen molar-refractivity contribution in [2.45, 2.75) is 12.7 Å². The Hall–Kier alpha value is -3.58. The molecule has 0 atom stereocenters. The fraction of sp³-hybridized carbons (Fsp3) is 0.160. The molecule has 7 heteroatoms. The first-order valence-corrected chi connectivity index (χ1v) is 11.2. The van der Waals surface area contributed by atoms with Gasteiger partial charge in [0.25, 0.3) is 5.91 Å². The maximum absolute atomic E-state index is 12.3. The van der Waals surface area contributed by atoms with E-state index < -0.39 is 0 Å². The van der Waals surface area contributed by atoms with E-state index in [0.29, 0.717) is 22.7 Å². The maximum Gasteiger partial charge on any atom is 0.255 e. The molecule has 0 fully saturated rings. The minimum Gasteiger partial charge on any atom is -0.497 e. The summed E-state index contributed by atoms with van der Waals surface area (Å²) in [6.45, 7) is 1.81. The number of hydrazone groups is 1. The molecule has 2 amide bonds. The van der Waals surface area contributed by atoms with Crippen LogP contribution >= 0.6 is 11.8 Å². The second-order valence-electron chi connectivity index (χ2n) is 6.97. The van der Waals surface area contributed by atoms with Crippen molar-refractivity contribution >= 4 is 35.0 Å². The number of hydrogen-bond donors (Lipinski definition) is 2. The molecule has 0 aliphatic rings. The summed E-state index contributed by atoms with van der Waals surface area (Å²) >= 11 is 1.51. The normalized spacial score (nSPS) is 11.0. The van der Waals surface area contributed by atoms with E-state index >= 15 is 0 Å². The van der Waals surface area contributed by atoms with Gasteiger partial charge in [-0.3, -0.25) is 9.59 Å². The summed E-state index contributed by atoms with van der Waals surface area (Å²) in [6, 6.07) is 24.1. The molecule has 3 rings (SSSR count). The van der Waals surface area contributed by atoms with E-state index in [1.54, 1.807) is 19.2 Å². The summed E-state index contributed by atoms with van der Waals surface area (Å²) in [6.07, 6.45) is 0. The second kappa shape index (κ2) is 11.7. The van der Waals surface area contributed by atoms with Crippen molar-refractivity contribution in [2.75, 3.05) is 18.2 Å². The fourth-order valence-corrected chi connectivity index (χ4v) is 3.62. The molecule has 3 aromatic rings. The molecule has 164 valence electrons. The Morgan fingerprint density at radius 1 is 0.938 bits per heavy atom. The molecule has 0 saturated carbocycles. The fourth-order valence-electron chi connectivity index (χ4n) is 2.84. The van der Waals surface area contributed by atoms with Crippen LogP contribution in [0.25, 0.3) is 0 Å². The monoisotopic (exact) mass is 447 g/mol. The molecular weight excluding hydrogens is 422 g/mol. The average Bonchev–Trinajstić information content (AvgIpc) is 2.83. The van der Waals surface area contributed by atoms with Gasteiger partial charge in [-0.15, -0.1) is 11.8 Å². The summed E-state index contributed by atoms with van der Waals surface area (Å²) in [5.74, 6) is 1.49. The van der Waals surface area contributed by atoms with E-state index in [-0.39, 0.29) is 11.8 Å². The molecule has 0 aliphatic carbocycles. The Morgan fingerprint density at radius 2 is 1.66 bits per heavy atom. The first-order chi connectivity index (χ1) is 15.5. The highest BCUT2D eigenvalue weighted by Crippen LogP contribution is 2.16. The number of carbonyl (C=O) groups excluding carboxylic acids is 2. The highest BCUT2D eigenvalue weighted by molar-refractivity contribution is 7.99. The molecule has 6 nitrogen and oxygen atoms in total. The van der Waals surface area contributed by atoms with Crippen LogP contribution in [-0.4, -0.2) is 30.4 Å². The molecule has 0 aliphatic heterocycles. The number of anilines is 1. The summed E-state index contributed by atoms with van der Waals surface area (Å²) in [5, 5.41) is 7.07. The van der Waals surface area contributed by atoms with E-state index in [0.717, 1.165) is 22.6 Å². The van der Waals surface area contributed by atoms with E-state index in [1.807, 2.05) is 73.7 Å². The van der Waals surface area contributed by atoms with Crippen LogP contribution < -0.4 is 15.5 Å². The van der Waals surface area contributed by atoms with Gasteiger partial charge in [0, 0.05) is 17.0 Å². The van der Waals surface area contributed by atoms with Crippen molar-refractivity contribution in [3.05, 3.63) is 95.6 Å². The van der Waals surface area contributed by atoms with Gasteiger partial charge in [-0.25, -0.2) is 5.43 Å². The van der Waals surface area contributed by atoms with Crippen LogP contribution in [0, 0.1) is 0 Å². The van der Waals surface area contributed by atoms with Gasteiger partial charge in [0.15, 0.2) is 0 Å². The molecule has 0 spiro atoms. The highest BCUT2D eigenvalue weighted by atomic mass is 32.2. The van der Waals surface area contributed by atoms with Gasteiger partial charge < -0.3 is 10.1 Å². The molecular formula is C25H25N3O3S. The standard InChI is InChI=1S/C25H25N3O3S/c1-18(27-28-24(29)17-32-16-19-11-13-23(31-2)14-12-19)21-9-6-10-22(15-21)26-25(30)20-7-4-3-5-8-20/h3-15H,16-17H2,1-2H3,(H,26,30)(H,28,29)/b27-18-. The van der Waals surface area contributed by atoms with Crippen LogP contribution in [0.1, 0.15) is 28.4 Å². The van der Waals surface area contributed by atoms with Gasteiger partial charge in [0.1, 0.15) is 5.75 Å². The third-order valence-corrected chi connectivity index (χ3v) is 5.59. The Balaban J connectivity index is 1.49. The number of thioether (sulfide) groups is 1. The molecule has 3 aromatic carbocycles. The first kappa shape index (κ1) is 23.1. The van der Waals surface area contributed by atoms with E-state index in [4.69, 9.17) is 4.74 Å². The SMILES string of the molecule is COc1ccc(CSCC(=O)N/N=C(/C)c2cccc(NC(=O)c3ccccc3)c2)cc1. The lowest BCUT2D eigenvalue weighted by molar-refractivity contribution is -0.118. The molecule has 2 N–H and O–H groups in total. The van der Waals surface area contributed by atoms with E-state index in [2.05, 4.69) is 15.8 Å². The smallest absolute Gasteiger partial charge is 0.255 e. The van der Waals surface area contributed by atoms with Crippen molar-refractivity contribution in [3.8, 4) is 5.75 Å². The van der Waals surface area contributed by atoms with E-state index in [1.165, 1.54) is 11.8 Å². The van der Waals surface area contributed by atoms with Gasteiger partial charge in [0.05, 0.1) is 18.6 Å². The topological polar surface area (TPSA) is 79.8 Å². The quantitative estimate of drug-likeness (QED) is 0.367. The number of hydrogen-bond acceptors (Lipinski definition) is 5. The zero-order chi connectivity index (χ0) is 22.8. The summed E-state index contributed by atoms with van der Waals surface area (Å²) < 4.78 is 5.14. The lowest BCUT2D eigenvalue weighted by Gasteiger charge is -2.08. The van der Waals surface area contributed by atoms with Crippen molar-refractivity contribution < 1.29 is 14.3 Å². The van der Waals surface area contributed by atoms with Gasteiger partial charge in [-0.05, 0) is 54.4 Å². The lowest BCUT2D eigenvalue weighted by atomic mass is 10.1. The number of benzene rings is 3. The molecule has 0 radical (unpaired) electrons. The number of ether oxygens (including phenoxy) is 1. The molecule has 0 bridgehead atoms. The number of carbonyl (C=O) groups is 2. The zero-order valence-corrected chi connectivity index (χ0v) is 18.8. The van der Waals surface area contributed by atoms with E-state index in [9.17, 15) is 9.59 Å². The van der Waals surface area contributed by atoms with Crippen LogP contribution in [0.5, 0.6) is 5.75 Å². The van der Waals surface area contributed by atoms with Crippen molar-refractivity contribution in [2.24, 2.45) is 5.10 Å². The summed E-state index contributed by atoms with van der Waals surface area (Å²) in [7, 11) is 1.63. The Kier molecular flexibility index (Phi) is 8.45. The third kappa shape index (κ3) is 6.99. The number of amides is 2. The molecule has 0 unspecified atom stereocenters. The summed E-state index contributed by atoms with van der Waals surface area (Å²) in [5.41, 5.74) is 6.42. The predicted octanol–water partition coefficient (Wildman–Crippen LogP) is 4.72. The molecule has 0 heterocycles. The highest BCUT2D eigenvalue weighted by Gasteiger charge is 2.07. The lowest BCUT2D eigenvalue weighted by Crippen LogP contribution is -2.21. The van der Waals surface area contributed by atoms with Gasteiger partial charge >= 0.3 is 0 Å². The average molecular weight is 448 g/mol. The first-order valence-electron chi connectivity index (χ1n) is 10.1. The molecule has 0 saturated heterocycles. The van der Waals surface area contributed by atoms with Crippen molar-refractivity contribution in [1.82, 2.24) is 5.43 Å². The van der Waals surface area contributed by atoms with Crippen molar-refractivity contribution in [1.29, 1.82) is 0 Å². The van der Waals surface area contributed by atoms with Crippen LogP contribution in [0.3, 0.4) is 0 Å². The third-order valence-electron chi connectivity index (χ3n) is 4.58. The van der Waals surface area contributed by atoms with Crippen LogP contribution in [0.4, 0.5) is 5.69 Å². The Morgan fingerprint density at radius 3 is 2.38 bits per heavy atom. The van der Waals surface area contributed by atoms with Crippen molar-refractivity contribution in [3.63, 3.8) is 0 Å². The van der Waals surface area contributed by atoms with Crippen LogP contribution in [-0.2, 0) is 10.5 Å². The molecule has 32 heavy (non-hydrogen) atoms. The van der Waals surface area contributed by atoms with Gasteiger partial charge in [0.2, 0.25) is 5.91 Å². The minimum absolute atomic E-state index is 0.170. The number of rotatable bonds is 9. The minimum atomic E-state index is -0.181. The van der Waals surface area contributed by atoms with Crippen LogP contribution in [0.15, 0.2) is 84.0 Å². The predicted molar refractivity (Wildman–Crippen MR) is 130 cm³/mol. The number of methoxy groups -OCH3 is 1. The largest absolute Gasteiger partial charge is 0.497 e. The Labute approximate surface area is 192 Å². The second-order valence-corrected chi connectivity index (χ2v) is 7.96. The van der Waals surface area contributed by atoms with Gasteiger partial charge in [-0.2, -0.15) is 5.10 Å². The summed E-state index contributed by atoms with van der Waals surface area (Å²) in [4.78, 5) is 24.5. The number of nitrogens with zero attached hydrogens (tertiary/aromatic N) is 1. The Bertz CT molecular complexity index is 1080. The maximum atomic E-state index is 12.3. The zero-order valence-electron chi connectivity index (χ0n) is 18.0.